The van der Waals surface area contributed by atoms with Crippen molar-refractivity contribution in [1.82, 2.24) is 4.98 Å². The van der Waals surface area contributed by atoms with Crippen molar-refractivity contribution in [3.63, 3.8) is 0 Å². The second-order valence-electron chi connectivity index (χ2n) is 4.49. The van der Waals surface area contributed by atoms with E-state index in [2.05, 4.69) is 16.1 Å². The largest absolute Gasteiger partial charge is 0.396 e. The van der Waals surface area contributed by atoms with Crippen LogP contribution in [0.5, 0.6) is 0 Å². The lowest BCUT2D eigenvalue weighted by Crippen LogP contribution is -2.25. The summed E-state index contributed by atoms with van der Waals surface area (Å²) in [5, 5.41) is 9.71. The molecule has 1 unspecified atom stereocenters. The Labute approximate surface area is 112 Å². The molecule has 0 aliphatic carbocycles. The normalized spacial score (nSPS) is 20.2. The third kappa shape index (κ3) is 2.88. The molecule has 0 amide bonds. The van der Waals surface area contributed by atoms with E-state index in [1.54, 1.807) is 6.07 Å². The number of nitrogen functional groups attached to an aromatic ring is 1. The number of nitriles is 1. The van der Waals surface area contributed by atoms with Crippen LogP contribution >= 0.6 is 11.8 Å². The molecule has 18 heavy (non-hydrogen) atoms. The molecule has 5 heteroatoms. The smallest absolute Gasteiger partial charge is 0.165 e. The molecule has 1 aromatic heterocycles. The van der Waals surface area contributed by atoms with Crippen molar-refractivity contribution in [2.45, 2.75) is 24.5 Å². The van der Waals surface area contributed by atoms with E-state index >= 15 is 0 Å². The molecular weight excluding hydrogens is 244 g/mol. The molecule has 2 rings (SSSR count). The van der Waals surface area contributed by atoms with Crippen molar-refractivity contribution in [3.8, 4) is 6.07 Å². The number of thioether (sulfide) groups is 1. The lowest BCUT2D eigenvalue weighted by atomic mass is 10.2. The Morgan fingerprint density at radius 2 is 2.28 bits per heavy atom. The van der Waals surface area contributed by atoms with Crippen molar-refractivity contribution >= 4 is 23.3 Å². The van der Waals surface area contributed by atoms with Crippen LogP contribution in [0.2, 0.25) is 0 Å². The minimum absolute atomic E-state index is 0.332. The van der Waals surface area contributed by atoms with Gasteiger partial charge in [-0.05, 0) is 37.7 Å². The SMILES string of the molecule is CSC1CCCN(c2ccc(N)c(C#N)n2)CC1. The molecule has 2 heterocycles. The number of aromatic nitrogens is 1. The minimum Gasteiger partial charge on any atom is -0.396 e. The zero-order chi connectivity index (χ0) is 13.0. The van der Waals surface area contributed by atoms with Crippen LogP contribution in [0.4, 0.5) is 11.5 Å². The molecule has 4 nitrogen and oxygen atoms in total. The summed E-state index contributed by atoms with van der Waals surface area (Å²) in [6, 6.07) is 5.73. The Morgan fingerprint density at radius 1 is 1.44 bits per heavy atom. The maximum Gasteiger partial charge on any atom is 0.165 e. The molecule has 1 aliphatic heterocycles. The van der Waals surface area contributed by atoms with Gasteiger partial charge in [-0.3, -0.25) is 0 Å². The molecule has 96 valence electrons. The molecule has 1 atom stereocenters. The Bertz CT molecular complexity index is 455. The highest BCUT2D eigenvalue weighted by atomic mass is 32.2. The highest BCUT2D eigenvalue weighted by molar-refractivity contribution is 7.99. The van der Waals surface area contributed by atoms with Crippen LogP contribution in [0.1, 0.15) is 25.0 Å². The van der Waals surface area contributed by atoms with Crippen LogP contribution in [0, 0.1) is 11.3 Å². The standard InChI is InChI=1S/C13H18N4S/c1-18-10-3-2-7-17(8-6-10)13-5-4-11(15)12(9-14)16-13/h4-5,10H,2-3,6-8,15H2,1H3. The number of hydrogen-bond donors (Lipinski definition) is 1. The number of anilines is 2. The van der Waals surface area contributed by atoms with E-state index in [4.69, 9.17) is 11.0 Å². The Balaban J connectivity index is 2.14. The van der Waals surface area contributed by atoms with E-state index in [1.807, 2.05) is 23.9 Å². The van der Waals surface area contributed by atoms with E-state index in [9.17, 15) is 0 Å². The van der Waals surface area contributed by atoms with Gasteiger partial charge in [0, 0.05) is 18.3 Å². The number of nitrogens with two attached hydrogens (primary N) is 1. The molecule has 0 aromatic carbocycles. The molecule has 1 aliphatic rings. The van der Waals surface area contributed by atoms with Gasteiger partial charge in [-0.1, -0.05) is 0 Å². The van der Waals surface area contributed by atoms with E-state index < -0.39 is 0 Å². The first-order valence-corrected chi connectivity index (χ1v) is 7.47. The molecular formula is C13H18N4S. The molecule has 0 spiro atoms. The van der Waals surface area contributed by atoms with Gasteiger partial charge >= 0.3 is 0 Å². The van der Waals surface area contributed by atoms with Gasteiger partial charge in [-0.25, -0.2) is 4.98 Å². The van der Waals surface area contributed by atoms with Crippen molar-refractivity contribution in [2.24, 2.45) is 0 Å². The van der Waals surface area contributed by atoms with Crippen LogP contribution in [0.25, 0.3) is 0 Å². The van der Waals surface area contributed by atoms with Crippen LogP contribution in [0.3, 0.4) is 0 Å². The van der Waals surface area contributed by atoms with Gasteiger partial charge in [-0.2, -0.15) is 17.0 Å². The van der Waals surface area contributed by atoms with Crippen molar-refractivity contribution in [3.05, 3.63) is 17.8 Å². The summed E-state index contributed by atoms with van der Waals surface area (Å²) in [6.07, 6.45) is 5.79. The number of hydrogen-bond acceptors (Lipinski definition) is 5. The first kappa shape index (κ1) is 13.0. The average molecular weight is 262 g/mol. The zero-order valence-corrected chi connectivity index (χ0v) is 11.4. The molecule has 0 radical (unpaired) electrons. The molecule has 0 saturated carbocycles. The fourth-order valence-corrected chi connectivity index (χ4v) is 3.00. The minimum atomic E-state index is 0.332. The third-order valence-electron chi connectivity index (χ3n) is 3.35. The van der Waals surface area contributed by atoms with E-state index in [0.29, 0.717) is 11.4 Å². The van der Waals surface area contributed by atoms with Crippen molar-refractivity contribution < 1.29 is 0 Å². The lowest BCUT2D eigenvalue weighted by molar-refractivity contribution is 0.745. The van der Waals surface area contributed by atoms with Gasteiger partial charge in [-0.15, -0.1) is 0 Å². The molecule has 1 saturated heterocycles. The monoisotopic (exact) mass is 262 g/mol. The second kappa shape index (κ2) is 5.96. The zero-order valence-electron chi connectivity index (χ0n) is 10.6. The van der Waals surface area contributed by atoms with E-state index in [0.717, 1.165) is 24.2 Å². The van der Waals surface area contributed by atoms with Crippen LogP contribution < -0.4 is 10.6 Å². The Morgan fingerprint density at radius 3 is 3.00 bits per heavy atom. The van der Waals surface area contributed by atoms with Crippen molar-refractivity contribution in [2.75, 3.05) is 30.0 Å². The summed E-state index contributed by atoms with van der Waals surface area (Å²) in [5.41, 5.74) is 6.49. The summed E-state index contributed by atoms with van der Waals surface area (Å²) in [4.78, 5) is 6.60. The van der Waals surface area contributed by atoms with Gasteiger partial charge in [0.2, 0.25) is 0 Å². The predicted molar refractivity (Wildman–Crippen MR) is 76.7 cm³/mol. The topological polar surface area (TPSA) is 65.9 Å². The highest BCUT2D eigenvalue weighted by Crippen LogP contribution is 2.24. The molecule has 2 N–H and O–H groups in total. The van der Waals surface area contributed by atoms with Gasteiger partial charge < -0.3 is 10.6 Å². The molecule has 0 bridgehead atoms. The predicted octanol–water partition coefficient (Wildman–Crippen LogP) is 2.26. The third-order valence-corrected chi connectivity index (χ3v) is 4.49. The van der Waals surface area contributed by atoms with Gasteiger partial charge in [0.15, 0.2) is 5.69 Å². The number of pyridine rings is 1. The van der Waals surface area contributed by atoms with Gasteiger partial charge in [0.05, 0.1) is 5.69 Å². The summed E-state index contributed by atoms with van der Waals surface area (Å²) in [7, 11) is 0. The lowest BCUT2D eigenvalue weighted by Gasteiger charge is -2.21. The Hall–Kier alpha value is -1.41. The maximum atomic E-state index is 8.96. The average Bonchev–Trinajstić information content (AvgIpc) is 2.64. The summed E-state index contributed by atoms with van der Waals surface area (Å²) in [5.74, 6) is 0.877. The number of nitrogens with zero attached hydrogens (tertiary/aromatic N) is 3. The van der Waals surface area contributed by atoms with Crippen LogP contribution in [-0.2, 0) is 0 Å². The fourth-order valence-electron chi connectivity index (χ4n) is 2.26. The number of rotatable bonds is 2. The van der Waals surface area contributed by atoms with Crippen molar-refractivity contribution in [1.29, 1.82) is 5.26 Å². The van der Waals surface area contributed by atoms with Crippen LogP contribution in [0.15, 0.2) is 12.1 Å². The van der Waals surface area contributed by atoms with Gasteiger partial charge in [0.25, 0.3) is 0 Å². The summed E-state index contributed by atoms with van der Waals surface area (Å²) >= 11 is 1.95. The van der Waals surface area contributed by atoms with Crippen LogP contribution in [-0.4, -0.2) is 29.6 Å². The Kier molecular flexibility index (Phi) is 4.32. The highest BCUT2D eigenvalue weighted by Gasteiger charge is 2.17. The fraction of sp³-hybridized carbons (Fsp3) is 0.538. The quantitative estimate of drug-likeness (QED) is 0.885. The van der Waals surface area contributed by atoms with E-state index in [-0.39, 0.29) is 0 Å². The first-order valence-electron chi connectivity index (χ1n) is 6.19. The second-order valence-corrected chi connectivity index (χ2v) is 5.63. The summed E-state index contributed by atoms with van der Waals surface area (Å²) < 4.78 is 0. The maximum absolute atomic E-state index is 8.96. The van der Waals surface area contributed by atoms with E-state index in [1.165, 1.54) is 19.3 Å². The molecule has 1 aromatic rings. The first-order chi connectivity index (χ1) is 8.74. The summed E-state index contributed by atoms with van der Waals surface area (Å²) in [6.45, 7) is 2.02. The molecule has 1 fully saturated rings. The van der Waals surface area contributed by atoms with Gasteiger partial charge in [0.1, 0.15) is 11.9 Å².